The van der Waals surface area contributed by atoms with Gasteiger partial charge in [-0.2, -0.15) is 5.10 Å². The Bertz CT molecular complexity index is 576. The molecule has 0 saturated heterocycles. The topological polar surface area (TPSA) is 69.0 Å². The number of hydrogen-bond donors (Lipinski definition) is 1. The van der Waals surface area contributed by atoms with Gasteiger partial charge in [-0.25, -0.2) is 9.78 Å². The summed E-state index contributed by atoms with van der Waals surface area (Å²) in [5.74, 6) is -0.394. The third-order valence-corrected chi connectivity index (χ3v) is 3.55. The molecular formula is C12H16N4O2S. The number of thiazole rings is 1. The molecule has 0 unspecified atom stereocenters. The van der Waals surface area contributed by atoms with Crippen LogP contribution in [0.3, 0.4) is 0 Å². The monoisotopic (exact) mass is 280 g/mol. The summed E-state index contributed by atoms with van der Waals surface area (Å²) in [6.07, 6.45) is 4.68. The number of carbonyl (C=O) groups is 1. The molecule has 2 aromatic heterocycles. The maximum absolute atomic E-state index is 11.4. The number of ether oxygens (including phenoxy) is 1. The third-order valence-electron chi connectivity index (χ3n) is 2.62. The fourth-order valence-electron chi connectivity index (χ4n) is 1.67. The Labute approximate surface area is 115 Å². The molecule has 0 atom stereocenters. The summed E-state index contributed by atoms with van der Waals surface area (Å²) >= 11 is 1.45. The van der Waals surface area contributed by atoms with Crippen LogP contribution in [0.4, 0.5) is 5.13 Å². The number of aryl methyl sites for hydroxylation is 2. The van der Waals surface area contributed by atoms with E-state index in [0.29, 0.717) is 5.69 Å². The van der Waals surface area contributed by atoms with E-state index < -0.39 is 5.97 Å². The van der Waals surface area contributed by atoms with E-state index in [0.717, 1.165) is 28.5 Å². The number of methoxy groups -OCH3 is 1. The van der Waals surface area contributed by atoms with Gasteiger partial charge in [0.05, 0.1) is 13.3 Å². The van der Waals surface area contributed by atoms with Crippen LogP contribution in [0.5, 0.6) is 0 Å². The normalized spacial score (nSPS) is 10.5. The van der Waals surface area contributed by atoms with Gasteiger partial charge in [0, 0.05) is 24.7 Å². The lowest BCUT2D eigenvalue weighted by atomic mass is 10.2. The number of esters is 1. The van der Waals surface area contributed by atoms with Crippen molar-refractivity contribution in [1.82, 2.24) is 14.8 Å². The standard InChI is InChI=1S/C12H16N4O2S/c1-8-10(11(17)18-3)15-12(19-8)13-5-4-9-6-14-16(2)7-9/h6-7H,4-5H2,1-3H3,(H,13,15). The summed E-state index contributed by atoms with van der Waals surface area (Å²) in [5, 5.41) is 8.05. The van der Waals surface area contributed by atoms with Crippen molar-refractivity contribution in [3.8, 4) is 0 Å². The van der Waals surface area contributed by atoms with Gasteiger partial charge in [0.15, 0.2) is 10.8 Å². The molecule has 6 nitrogen and oxygen atoms in total. The second-order valence-electron chi connectivity index (χ2n) is 4.11. The average molecular weight is 280 g/mol. The quantitative estimate of drug-likeness (QED) is 0.843. The summed E-state index contributed by atoms with van der Waals surface area (Å²) in [5.41, 5.74) is 1.55. The summed E-state index contributed by atoms with van der Waals surface area (Å²) in [6, 6.07) is 0. The van der Waals surface area contributed by atoms with Crippen molar-refractivity contribution < 1.29 is 9.53 Å². The molecule has 0 aliphatic rings. The molecular weight excluding hydrogens is 264 g/mol. The number of hydrogen-bond acceptors (Lipinski definition) is 6. The van der Waals surface area contributed by atoms with Crippen LogP contribution in [-0.4, -0.2) is 34.4 Å². The van der Waals surface area contributed by atoms with Crippen molar-refractivity contribution in [2.24, 2.45) is 7.05 Å². The van der Waals surface area contributed by atoms with Crippen molar-refractivity contribution in [1.29, 1.82) is 0 Å². The third kappa shape index (κ3) is 3.31. The first-order chi connectivity index (χ1) is 9.10. The first-order valence-electron chi connectivity index (χ1n) is 5.87. The molecule has 0 spiro atoms. The molecule has 2 heterocycles. The lowest BCUT2D eigenvalue weighted by molar-refractivity contribution is 0.0594. The first kappa shape index (κ1) is 13.5. The van der Waals surface area contributed by atoms with Gasteiger partial charge in [-0.15, -0.1) is 11.3 Å². The van der Waals surface area contributed by atoms with Crippen LogP contribution in [-0.2, 0) is 18.2 Å². The fraction of sp³-hybridized carbons (Fsp3) is 0.417. The maximum Gasteiger partial charge on any atom is 0.357 e. The van der Waals surface area contributed by atoms with E-state index in [2.05, 4.69) is 20.1 Å². The number of nitrogens with one attached hydrogen (secondary N) is 1. The van der Waals surface area contributed by atoms with Crippen LogP contribution in [0, 0.1) is 6.92 Å². The van der Waals surface area contributed by atoms with E-state index in [1.165, 1.54) is 18.4 Å². The molecule has 0 amide bonds. The Balaban J connectivity index is 1.91. The van der Waals surface area contributed by atoms with E-state index in [4.69, 9.17) is 0 Å². The molecule has 0 aliphatic carbocycles. The number of aromatic nitrogens is 3. The molecule has 7 heteroatoms. The van der Waals surface area contributed by atoms with E-state index in [-0.39, 0.29) is 0 Å². The minimum absolute atomic E-state index is 0.386. The Kier molecular flexibility index (Phi) is 4.16. The lowest BCUT2D eigenvalue weighted by Gasteiger charge is -2.00. The molecule has 0 fully saturated rings. The van der Waals surface area contributed by atoms with E-state index in [9.17, 15) is 4.79 Å². The minimum atomic E-state index is -0.394. The van der Waals surface area contributed by atoms with Crippen molar-refractivity contribution in [2.75, 3.05) is 19.0 Å². The van der Waals surface area contributed by atoms with Crippen LogP contribution < -0.4 is 5.32 Å². The average Bonchev–Trinajstić information content (AvgIpc) is 2.95. The number of carbonyl (C=O) groups excluding carboxylic acids is 1. The largest absolute Gasteiger partial charge is 0.464 e. The van der Waals surface area contributed by atoms with Crippen LogP contribution in [0.25, 0.3) is 0 Å². The van der Waals surface area contributed by atoms with Crippen molar-refractivity contribution in [2.45, 2.75) is 13.3 Å². The zero-order valence-electron chi connectivity index (χ0n) is 11.1. The summed E-state index contributed by atoms with van der Waals surface area (Å²) in [4.78, 5) is 16.5. The Morgan fingerprint density at radius 3 is 3.00 bits per heavy atom. The summed E-state index contributed by atoms with van der Waals surface area (Å²) in [6.45, 7) is 2.61. The highest BCUT2D eigenvalue weighted by Crippen LogP contribution is 2.22. The van der Waals surface area contributed by atoms with Crippen LogP contribution in [0.15, 0.2) is 12.4 Å². The number of rotatable bonds is 5. The molecule has 2 aromatic rings. The first-order valence-corrected chi connectivity index (χ1v) is 6.69. The molecule has 0 radical (unpaired) electrons. The van der Waals surface area contributed by atoms with E-state index in [1.54, 1.807) is 4.68 Å². The van der Waals surface area contributed by atoms with Crippen LogP contribution >= 0.6 is 11.3 Å². The number of nitrogens with zero attached hydrogens (tertiary/aromatic N) is 3. The molecule has 102 valence electrons. The van der Waals surface area contributed by atoms with Crippen LogP contribution in [0.1, 0.15) is 20.9 Å². The van der Waals surface area contributed by atoms with E-state index >= 15 is 0 Å². The van der Waals surface area contributed by atoms with Gasteiger partial charge in [-0.3, -0.25) is 4.68 Å². The van der Waals surface area contributed by atoms with Gasteiger partial charge < -0.3 is 10.1 Å². The SMILES string of the molecule is COC(=O)c1nc(NCCc2cnn(C)c2)sc1C. The zero-order chi connectivity index (χ0) is 13.8. The lowest BCUT2D eigenvalue weighted by Crippen LogP contribution is -2.06. The fourth-order valence-corrected chi connectivity index (χ4v) is 2.50. The molecule has 0 bridgehead atoms. The summed E-state index contributed by atoms with van der Waals surface area (Å²) in [7, 11) is 3.25. The van der Waals surface area contributed by atoms with Crippen LogP contribution in [0.2, 0.25) is 0 Å². The predicted octanol–water partition coefficient (Wildman–Crippen LogP) is 1.63. The van der Waals surface area contributed by atoms with Crippen molar-refractivity contribution >= 4 is 22.4 Å². The molecule has 1 N–H and O–H groups in total. The highest BCUT2D eigenvalue weighted by molar-refractivity contribution is 7.15. The molecule has 19 heavy (non-hydrogen) atoms. The Morgan fingerprint density at radius 1 is 1.58 bits per heavy atom. The van der Waals surface area contributed by atoms with Gasteiger partial charge in [-0.1, -0.05) is 0 Å². The smallest absolute Gasteiger partial charge is 0.357 e. The second kappa shape index (κ2) is 5.83. The second-order valence-corrected chi connectivity index (χ2v) is 5.32. The molecule has 0 aliphatic heterocycles. The van der Waals surface area contributed by atoms with Gasteiger partial charge in [0.25, 0.3) is 0 Å². The van der Waals surface area contributed by atoms with Gasteiger partial charge >= 0.3 is 5.97 Å². The van der Waals surface area contributed by atoms with Crippen molar-refractivity contribution in [3.63, 3.8) is 0 Å². The van der Waals surface area contributed by atoms with Crippen molar-refractivity contribution in [3.05, 3.63) is 28.5 Å². The highest BCUT2D eigenvalue weighted by atomic mass is 32.1. The van der Waals surface area contributed by atoms with E-state index in [1.807, 2.05) is 26.4 Å². The highest BCUT2D eigenvalue weighted by Gasteiger charge is 2.15. The van der Waals surface area contributed by atoms with Gasteiger partial charge in [0.2, 0.25) is 0 Å². The van der Waals surface area contributed by atoms with Gasteiger partial charge in [0.1, 0.15) is 0 Å². The molecule has 0 saturated carbocycles. The predicted molar refractivity (Wildman–Crippen MR) is 73.6 cm³/mol. The maximum atomic E-state index is 11.4. The Hall–Kier alpha value is -1.89. The summed E-state index contributed by atoms with van der Waals surface area (Å²) < 4.78 is 6.45. The Morgan fingerprint density at radius 2 is 2.37 bits per heavy atom. The molecule has 2 rings (SSSR count). The van der Waals surface area contributed by atoms with Gasteiger partial charge in [-0.05, 0) is 18.9 Å². The molecule has 0 aromatic carbocycles. The zero-order valence-corrected chi connectivity index (χ0v) is 12.0. The number of anilines is 1. The minimum Gasteiger partial charge on any atom is -0.464 e.